The Hall–Kier alpha value is -2.36. The van der Waals surface area contributed by atoms with Gasteiger partial charge in [0, 0.05) is 25.8 Å². The molecule has 2 heterocycles. The number of oxime groups is 1. The van der Waals surface area contributed by atoms with E-state index in [1.165, 1.54) is 14.8 Å². The summed E-state index contributed by atoms with van der Waals surface area (Å²) in [7, 11) is -3.52. The van der Waals surface area contributed by atoms with Crippen LogP contribution in [-0.2, 0) is 15.0 Å². The van der Waals surface area contributed by atoms with Crippen LogP contribution < -0.4 is 9.04 Å². The molecule has 8 nitrogen and oxygen atoms in total. The second kappa shape index (κ2) is 12.2. The van der Waals surface area contributed by atoms with Crippen molar-refractivity contribution in [3.63, 3.8) is 0 Å². The van der Waals surface area contributed by atoms with Gasteiger partial charge in [0.05, 0.1) is 18.0 Å². The van der Waals surface area contributed by atoms with Crippen molar-refractivity contribution in [2.75, 3.05) is 37.2 Å². The number of ether oxygens (including phenoxy) is 1. The highest BCUT2D eigenvalue weighted by atomic mass is 35.5. The van der Waals surface area contributed by atoms with Crippen LogP contribution in [0.3, 0.4) is 0 Å². The molecule has 0 spiro atoms. The fourth-order valence-corrected chi connectivity index (χ4v) is 5.39. The first-order chi connectivity index (χ1) is 16.0. The Labute approximate surface area is 201 Å². The number of unbranched alkanes of at least 4 members (excludes halogenated alkanes) is 2. The van der Waals surface area contributed by atoms with E-state index in [1.807, 2.05) is 38.1 Å². The van der Waals surface area contributed by atoms with E-state index in [0.29, 0.717) is 38.5 Å². The molecule has 0 bridgehead atoms. The molecule has 180 valence electrons. The first-order valence-electron chi connectivity index (χ1n) is 11.3. The van der Waals surface area contributed by atoms with E-state index in [4.69, 9.17) is 21.2 Å². The summed E-state index contributed by atoms with van der Waals surface area (Å²) in [6.07, 6.45) is 4.82. The summed E-state index contributed by atoms with van der Waals surface area (Å²) in [5, 5.41) is 4.42. The van der Waals surface area contributed by atoms with E-state index in [9.17, 15) is 8.42 Å². The molecular formula is C23H31ClN4O4S. The summed E-state index contributed by atoms with van der Waals surface area (Å²) < 4.78 is 34.4. The van der Waals surface area contributed by atoms with Gasteiger partial charge in [-0.2, -0.15) is 12.7 Å². The molecule has 1 aliphatic rings. The summed E-state index contributed by atoms with van der Waals surface area (Å²) in [4.78, 5) is 9.07. The zero-order valence-electron chi connectivity index (χ0n) is 19.1. The highest BCUT2D eigenvalue weighted by Gasteiger charge is 2.36. The van der Waals surface area contributed by atoms with E-state index in [1.54, 1.807) is 12.1 Å². The van der Waals surface area contributed by atoms with Crippen LogP contribution in [0.2, 0.25) is 5.15 Å². The lowest BCUT2D eigenvalue weighted by Gasteiger charge is -2.20. The maximum Gasteiger partial charge on any atom is 0.304 e. The predicted molar refractivity (Wildman–Crippen MR) is 131 cm³/mol. The van der Waals surface area contributed by atoms with Crippen LogP contribution >= 0.6 is 11.6 Å². The van der Waals surface area contributed by atoms with Crippen molar-refractivity contribution in [2.45, 2.75) is 39.5 Å². The van der Waals surface area contributed by atoms with E-state index >= 15 is 0 Å². The topological polar surface area (TPSA) is 84.3 Å². The molecule has 0 unspecified atom stereocenters. The van der Waals surface area contributed by atoms with Gasteiger partial charge in [-0.1, -0.05) is 23.7 Å². The lowest BCUT2D eigenvalue weighted by atomic mass is 10.1. The van der Waals surface area contributed by atoms with Crippen LogP contribution in [0.4, 0.5) is 5.69 Å². The van der Waals surface area contributed by atoms with E-state index < -0.39 is 10.2 Å². The maximum absolute atomic E-state index is 12.8. The zero-order chi connectivity index (χ0) is 23.7. The Morgan fingerprint density at radius 1 is 1.12 bits per heavy atom. The number of nitrogens with zero attached hydrogens (tertiary/aromatic N) is 4. The fourth-order valence-electron chi connectivity index (χ4n) is 3.57. The number of aromatic nitrogens is 1. The van der Waals surface area contributed by atoms with Crippen molar-refractivity contribution in [3.8, 4) is 5.75 Å². The molecule has 0 saturated carbocycles. The van der Waals surface area contributed by atoms with Gasteiger partial charge in [-0.3, -0.25) is 4.31 Å². The molecule has 0 atom stereocenters. The standard InChI is InChI=1S/C23H31ClN4O4S/c1-3-22(26-32-4-2)19-8-10-21(11-9-19)31-17-7-5-6-14-27-15-16-28(33(27,29)30)20-12-13-25-23(24)18-20/h8-13,18H,3-7,14-17H2,1-2H3/b26-22+. The first-order valence-corrected chi connectivity index (χ1v) is 13.0. The third-order valence-corrected chi connectivity index (χ3v) is 7.48. The number of halogens is 1. The summed E-state index contributed by atoms with van der Waals surface area (Å²) in [5.41, 5.74) is 2.48. The summed E-state index contributed by atoms with van der Waals surface area (Å²) in [6.45, 7) is 6.46. The average molecular weight is 495 g/mol. The number of anilines is 1. The number of benzene rings is 1. The molecule has 0 aliphatic carbocycles. The molecule has 33 heavy (non-hydrogen) atoms. The third-order valence-electron chi connectivity index (χ3n) is 5.30. The van der Waals surface area contributed by atoms with Crippen molar-refractivity contribution in [3.05, 3.63) is 53.3 Å². The number of pyridine rings is 1. The highest BCUT2D eigenvalue weighted by molar-refractivity contribution is 7.90. The number of hydrogen-bond acceptors (Lipinski definition) is 6. The van der Waals surface area contributed by atoms with Crippen LogP contribution in [0.1, 0.15) is 45.1 Å². The molecule has 1 aliphatic heterocycles. The molecular weight excluding hydrogens is 464 g/mol. The average Bonchev–Trinajstić information content (AvgIpc) is 3.11. The third kappa shape index (κ3) is 6.82. The Bertz CT molecular complexity index is 1030. The molecule has 3 rings (SSSR count). The smallest absolute Gasteiger partial charge is 0.304 e. The van der Waals surface area contributed by atoms with Gasteiger partial charge >= 0.3 is 10.2 Å². The van der Waals surface area contributed by atoms with Gasteiger partial charge in [0.15, 0.2) is 0 Å². The second-order valence-corrected chi connectivity index (χ2v) is 9.80. The quantitative estimate of drug-likeness (QED) is 0.188. The Kier molecular flexibility index (Phi) is 9.34. The van der Waals surface area contributed by atoms with Gasteiger partial charge in [0.1, 0.15) is 17.5 Å². The minimum Gasteiger partial charge on any atom is -0.494 e. The largest absolute Gasteiger partial charge is 0.494 e. The van der Waals surface area contributed by atoms with Crippen molar-refractivity contribution >= 4 is 33.2 Å². The molecule has 0 radical (unpaired) electrons. The normalized spacial score (nSPS) is 16.2. The summed E-state index contributed by atoms with van der Waals surface area (Å²) >= 11 is 5.91. The molecule has 1 aromatic carbocycles. The van der Waals surface area contributed by atoms with Crippen molar-refractivity contribution in [1.82, 2.24) is 9.29 Å². The van der Waals surface area contributed by atoms with E-state index in [2.05, 4.69) is 10.1 Å². The van der Waals surface area contributed by atoms with Gasteiger partial charge in [0.2, 0.25) is 0 Å². The van der Waals surface area contributed by atoms with E-state index in [-0.39, 0.29) is 5.15 Å². The molecule has 1 fully saturated rings. The first kappa shape index (κ1) is 25.3. The van der Waals surface area contributed by atoms with Gasteiger partial charge < -0.3 is 9.57 Å². The van der Waals surface area contributed by atoms with Gasteiger partial charge in [-0.25, -0.2) is 4.98 Å². The molecule has 2 aromatic rings. The minimum absolute atomic E-state index is 0.278. The summed E-state index contributed by atoms with van der Waals surface area (Å²) in [6, 6.07) is 11.1. The number of hydrogen-bond donors (Lipinski definition) is 0. The van der Waals surface area contributed by atoms with Crippen molar-refractivity contribution < 1.29 is 18.0 Å². The van der Waals surface area contributed by atoms with Crippen LogP contribution in [-0.4, -0.2) is 56.3 Å². The molecule has 10 heteroatoms. The molecule has 0 amide bonds. The number of rotatable bonds is 12. The summed E-state index contributed by atoms with van der Waals surface area (Å²) in [5.74, 6) is 0.805. The monoisotopic (exact) mass is 494 g/mol. The van der Waals surface area contributed by atoms with Crippen LogP contribution in [0.5, 0.6) is 5.75 Å². The zero-order valence-corrected chi connectivity index (χ0v) is 20.7. The van der Waals surface area contributed by atoms with Gasteiger partial charge in [-0.05, 0) is 74.6 Å². The second-order valence-electron chi connectivity index (χ2n) is 7.56. The lowest BCUT2D eigenvalue weighted by Crippen LogP contribution is -2.33. The van der Waals surface area contributed by atoms with Gasteiger partial charge in [-0.15, -0.1) is 0 Å². The Morgan fingerprint density at radius 3 is 2.61 bits per heavy atom. The minimum atomic E-state index is -3.52. The van der Waals surface area contributed by atoms with Crippen LogP contribution in [0.25, 0.3) is 0 Å². The maximum atomic E-state index is 12.8. The van der Waals surface area contributed by atoms with Crippen molar-refractivity contribution in [2.24, 2.45) is 5.16 Å². The van der Waals surface area contributed by atoms with Crippen LogP contribution in [0.15, 0.2) is 47.8 Å². The fraction of sp³-hybridized carbons (Fsp3) is 0.478. The van der Waals surface area contributed by atoms with Crippen LogP contribution in [0, 0.1) is 0 Å². The SMILES string of the molecule is CCO/N=C(\CC)c1ccc(OCCCCCN2CCN(c3ccnc(Cl)c3)S2(=O)=O)cc1. The lowest BCUT2D eigenvalue weighted by molar-refractivity contribution is 0.158. The van der Waals surface area contributed by atoms with Crippen molar-refractivity contribution in [1.29, 1.82) is 0 Å². The molecule has 1 saturated heterocycles. The van der Waals surface area contributed by atoms with E-state index in [0.717, 1.165) is 42.7 Å². The molecule has 1 aromatic heterocycles. The molecule has 0 N–H and O–H groups in total. The Balaban J connectivity index is 1.39. The highest BCUT2D eigenvalue weighted by Crippen LogP contribution is 2.26. The van der Waals surface area contributed by atoms with Gasteiger partial charge in [0.25, 0.3) is 0 Å². The Morgan fingerprint density at radius 2 is 1.91 bits per heavy atom. The predicted octanol–water partition coefficient (Wildman–Crippen LogP) is 4.50.